The van der Waals surface area contributed by atoms with Crippen LogP contribution in [0.1, 0.15) is 102 Å². The summed E-state index contributed by atoms with van der Waals surface area (Å²) in [6.45, 7) is 7.87. The van der Waals surface area contributed by atoms with Crippen molar-refractivity contribution in [3.63, 3.8) is 0 Å². The second kappa shape index (κ2) is 23.6. The quantitative estimate of drug-likeness (QED) is 0.107. The Labute approximate surface area is 414 Å². The Balaban J connectivity index is 0.000000184. The van der Waals surface area contributed by atoms with Crippen molar-refractivity contribution in [3.05, 3.63) is 126 Å². The van der Waals surface area contributed by atoms with Crippen molar-refractivity contribution in [1.82, 2.24) is 39.0 Å². The zero-order chi connectivity index (χ0) is 46.0. The number of carbonyl (C=O) groups excluding carboxylic acids is 2. The van der Waals surface area contributed by atoms with Gasteiger partial charge < -0.3 is 19.6 Å². The van der Waals surface area contributed by atoms with Crippen LogP contribution in [0.25, 0.3) is 11.9 Å². The van der Waals surface area contributed by atoms with Crippen LogP contribution < -0.4 is 19.6 Å². The fraction of sp³-hybridized carbons (Fsp3) is 0.408. The van der Waals surface area contributed by atoms with Crippen LogP contribution in [-0.4, -0.2) is 89.1 Å². The van der Waals surface area contributed by atoms with Crippen LogP contribution in [0.15, 0.2) is 103 Å². The first kappa shape index (κ1) is 50.4. The van der Waals surface area contributed by atoms with E-state index in [9.17, 15) is 9.59 Å². The molecule has 6 aromatic rings. The normalized spacial score (nSPS) is 18.0. The number of anilines is 4. The van der Waals surface area contributed by atoms with Crippen LogP contribution in [0.5, 0.6) is 0 Å². The van der Waals surface area contributed by atoms with Gasteiger partial charge in [-0.15, -0.1) is 12.1 Å². The number of benzene rings is 2. The first-order valence-corrected chi connectivity index (χ1v) is 30.2. The van der Waals surface area contributed by atoms with Gasteiger partial charge in [0.25, 0.3) is 0 Å². The number of likely N-dealkylation sites (N-methyl/N-ethyl adjacent to an activating group) is 2. The number of aromatic nitrogens is 8. The van der Waals surface area contributed by atoms with Gasteiger partial charge in [-0.3, -0.25) is 18.7 Å². The van der Waals surface area contributed by atoms with E-state index in [0.29, 0.717) is 28.7 Å². The summed E-state index contributed by atoms with van der Waals surface area (Å²) in [6, 6.07) is 20.6. The zero-order valence-electron chi connectivity index (χ0n) is 37.7. The molecule has 2 aliphatic heterocycles. The Kier molecular flexibility index (Phi) is 18.1. The third-order valence-corrected chi connectivity index (χ3v) is 13.2. The van der Waals surface area contributed by atoms with Gasteiger partial charge >= 0.3 is 30.0 Å². The van der Waals surface area contributed by atoms with Gasteiger partial charge in [0.15, 0.2) is 16.4 Å². The molecule has 2 saturated carbocycles. The van der Waals surface area contributed by atoms with E-state index < -0.39 is 0 Å². The van der Waals surface area contributed by atoms with Crippen molar-refractivity contribution in [3.8, 4) is 11.9 Å². The fourth-order valence-corrected chi connectivity index (χ4v) is 9.73. The van der Waals surface area contributed by atoms with Gasteiger partial charge in [0.05, 0.1) is 12.4 Å². The first-order chi connectivity index (χ1) is 31.7. The second-order valence-electron chi connectivity index (χ2n) is 16.6. The molecule has 344 valence electrons. The van der Waals surface area contributed by atoms with Crippen molar-refractivity contribution in [2.24, 2.45) is 0 Å². The van der Waals surface area contributed by atoms with Gasteiger partial charge in [-0.05, 0) is 60.0 Å². The molecule has 0 saturated heterocycles. The van der Waals surface area contributed by atoms with E-state index in [-0.39, 0.29) is 31.3 Å². The molecule has 4 aliphatic rings. The molecule has 0 spiro atoms. The average molecular weight is 1070 g/mol. The Morgan fingerprint density at radius 2 is 1.15 bits per heavy atom. The fourth-order valence-electron chi connectivity index (χ4n) is 9.33. The summed E-state index contributed by atoms with van der Waals surface area (Å²) < 4.78 is 4.41. The summed E-state index contributed by atoms with van der Waals surface area (Å²) in [6.07, 6.45) is 22.3. The van der Waals surface area contributed by atoms with Crippen molar-refractivity contribution >= 4 is 64.4 Å². The summed E-state index contributed by atoms with van der Waals surface area (Å²) in [5, 5.41) is 0. The monoisotopic (exact) mass is 1070 g/mol. The first-order valence-electron chi connectivity index (χ1n) is 22.4. The van der Waals surface area contributed by atoms with E-state index in [2.05, 4.69) is 92.2 Å². The van der Waals surface area contributed by atoms with E-state index in [1.54, 1.807) is 39.3 Å². The zero-order valence-corrected chi connectivity index (χ0v) is 43.8. The molecular formula is C49H60Br2N12O2Zn. The SMILES string of the molecule is C.CC[C@@H]1C(=O)N(C)c2cnc(-n3ccnc3Br)nc2N1C1CCCC1.CC[C@@H]1C(=O)N(C)c2cnc(-n3cncc3Cc3ccccc3)nc2N1C1CCCC1.[CH2-]c1ccccc1.[Zn+][Br]. The summed E-state index contributed by atoms with van der Waals surface area (Å²) in [4.78, 5) is 61.4. The Morgan fingerprint density at radius 3 is 1.58 bits per heavy atom. The molecule has 2 aliphatic carbocycles. The summed E-state index contributed by atoms with van der Waals surface area (Å²) in [7, 11) is 3.64. The van der Waals surface area contributed by atoms with Gasteiger partial charge in [0.1, 0.15) is 29.8 Å². The molecule has 10 rings (SSSR count). The standard InChI is InChI=1S/C24H28N6O.C17H21BrN6O.C7H7.CH4.BrH.Zn/c1-3-20-23(31)28(2)21-15-26-24(27-22(21)30(20)18-11-7-8-12-18)29-16-25-14-19(29)13-17-9-5-4-6-10-17;1-3-12-15(25)22(2)13-10-20-17(23-9-8-19-16(23)18)21-14(13)24(12)11-6-4-5-7-11;1-7-5-3-2-4-6-7;;;/h4-6,9-10,14-16,18,20H,3,7-8,11-13H2,1-2H3;8-12H,3-7H2,1-2H3;2-6H,1H2;1H4;1H;/q;;-1;;;+2/p-1/t20-;12-;;;;/m11..../s1. The number of nitrogens with zero attached hydrogens (tertiary/aromatic N) is 12. The van der Waals surface area contributed by atoms with E-state index in [1.165, 1.54) is 47.6 Å². The molecule has 14 nitrogen and oxygen atoms in total. The van der Waals surface area contributed by atoms with Crippen LogP contribution in [0.4, 0.5) is 23.0 Å². The van der Waals surface area contributed by atoms with Gasteiger partial charge in [-0.2, -0.15) is 34.6 Å². The number of imidazole rings is 2. The minimum absolute atomic E-state index is 0. The molecule has 17 heteroatoms. The van der Waals surface area contributed by atoms with Crippen LogP contribution in [0.2, 0.25) is 0 Å². The topological polar surface area (TPSA) is 134 Å². The number of halogens is 2. The number of hydrogen-bond acceptors (Lipinski definition) is 10. The maximum absolute atomic E-state index is 13.1. The number of rotatable bonds is 8. The van der Waals surface area contributed by atoms with Crippen LogP contribution in [0, 0.1) is 6.92 Å². The summed E-state index contributed by atoms with van der Waals surface area (Å²) in [5.41, 5.74) is 4.89. The van der Waals surface area contributed by atoms with Crippen molar-refractivity contribution < 1.29 is 25.9 Å². The van der Waals surface area contributed by atoms with Crippen molar-refractivity contribution in [1.29, 1.82) is 0 Å². The van der Waals surface area contributed by atoms with Crippen molar-refractivity contribution in [2.45, 2.75) is 116 Å². The number of carbonyl (C=O) groups is 2. The average Bonchev–Trinajstić information content (AvgIpc) is 4.20. The Bertz CT molecular complexity index is 2490. The van der Waals surface area contributed by atoms with Gasteiger partial charge in [0.2, 0.25) is 23.7 Å². The van der Waals surface area contributed by atoms with Crippen LogP contribution >= 0.6 is 29.6 Å². The maximum atomic E-state index is 13.1. The number of hydrogen-bond donors (Lipinski definition) is 0. The molecule has 66 heavy (non-hydrogen) atoms. The van der Waals surface area contributed by atoms with Crippen LogP contribution in [0.3, 0.4) is 0 Å². The minimum atomic E-state index is -0.171. The molecule has 0 unspecified atom stereocenters. The van der Waals surface area contributed by atoms with Gasteiger partial charge in [-0.1, -0.05) is 83.4 Å². The summed E-state index contributed by atoms with van der Waals surface area (Å²) >= 11 is 7.67. The van der Waals surface area contributed by atoms with Crippen molar-refractivity contribution in [2.75, 3.05) is 33.7 Å². The molecular weight excluding hydrogens is 1010 g/mol. The number of fused-ring (bicyclic) bond motifs is 2. The molecule has 2 amide bonds. The molecule has 0 radical (unpaired) electrons. The molecule has 0 N–H and O–H groups in total. The third-order valence-electron chi connectivity index (χ3n) is 12.6. The van der Waals surface area contributed by atoms with Crippen LogP contribution in [-0.2, 0) is 32.4 Å². The predicted octanol–water partition coefficient (Wildman–Crippen LogP) is 10.0. The predicted molar refractivity (Wildman–Crippen MR) is 266 cm³/mol. The molecule has 2 atom stereocenters. The van der Waals surface area contributed by atoms with Gasteiger partial charge in [0, 0.05) is 56.9 Å². The van der Waals surface area contributed by atoms with E-state index in [0.717, 1.165) is 79.2 Å². The molecule has 0 bridgehead atoms. The third kappa shape index (κ3) is 10.9. The van der Waals surface area contributed by atoms with Gasteiger partial charge in [-0.25, -0.2) is 19.9 Å². The summed E-state index contributed by atoms with van der Waals surface area (Å²) in [5.74, 6) is 3.14. The molecule has 2 aromatic carbocycles. The van der Waals surface area contributed by atoms with E-state index in [4.69, 9.17) is 9.97 Å². The Morgan fingerprint density at radius 1 is 0.682 bits per heavy atom. The molecule has 2 fully saturated rings. The van der Waals surface area contributed by atoms with E-state index in [1.807, 2.05) is 79.6 Å². The number of amides is 2. The molecule has 4 aromatic heterocycles. The second-order valence-corrected chi connectivity index (χ2v) is 17.3. The molecule has 6 heterocycles. The van der Waals surface area contributed by atoms with E-state index >= 15 is 0 Å². The Hall–Kier alpha value is -4.99.